The summed E-state index contributed by atoms with van der Waals surface area (Å²) in [6.45, 7) is 1.94. The summed E-state index contributed by atoms with van der Waals surface area (Å²) in [6.07, 6.45) is 1.45. The molecule has 0 spiro atoms. The minimum absolute atomic E-state index is 0.297. The van der Waals surface area contributed by atoms with Gasteiger partial charge in [-0.3, -0.25) is 4.79 Å². The van der Waals surface area contributed by atoms with E-state index < -0.39 is 0 Å². The number of nitrogens with one attached hydrogen (secondary N) is 1. The van der Waals surface area contributed by atoms with E-state index in [2.05, 4.69) is 26.5 Å². The highest BCUT2D eigenvalue weighted by molar-refractivity contribution is 9.10. The Labute approximate surface area is 158 Å². The van der Waals surface area contributed by atoms with Crippen LogP contribution in [0.1, 0.15) is 21.7 Å². The van der Waals surface area contributed by atoms with Gasteiger partial charge in [-0.05, 0) is 48.9 Å². The highest BCUT2D eigenvalue weighted by Gasteiger charge is 2.06. The topological polar surface area (TPSA) is 54.6 Å². The fraction of sp³-hybridized carbons (Fsp3) is 0.0526. The van der Waals surface area contributed by atoms with Crippen molar-refractivity contribution in [2.24, 2.45) is 5.10 Å². The standard InChI is InChI=1S/C19H14BrClN2O2/c1-12-5-6-13(10-17(12)21)18-8-7-16(25-18)11-22-23-19(24)14-3-2-4-15(20)9-14/h2-11H,1H3,(H,23,24)/b22-11+. The third kappa shape index (κ3) is 4.38. The number of halogens is 2. The molecule has 1 amide bonds. The second kappa shape index (κ2) is 7.68. The monoisotopic (exact) mass is 416 g/mol. The molecule has 0 saturated heterocycles. The second-order valence-electron chi connectivity index (χ2n) is 5.38. The number of carbonyl (C=O) groups excluding carboxylic acids is 1. The van der Waals surface area contributed by atoms with E-state index in [1.54, 1.807) is 24.3 Å². The lowest BCUT2D eigenvalue weighted by molar-refractivity contribution is 0.0955. The van der Waals surface area contributed by atoms with E-state index in [-0.39, 0.29) is 5.91 Å². The Hall–Kier alpha value is -2.37. The molecule has 126 valence electrons. The van der Waals surface area contributed by atoms with E-state index in [0.717, 1.165) is 15.6 Å². The number of nitrogens with zero attached hydrogens (tertiary/aromatic N) is 1. The zero-order valence-corrected chi connectivity index (χ0v) is 15.6. The van der Waals surface area contributed by atoms with E-state index in [0.29, 0.717) is 22.1 Å². The molecule has 25 heavy (non-hydrogen) atoms. The molecule has 0 saturated carbocycles. The number of hydrazone groups is 1. The van der Waals surface area contributed by atoms with Crippen molar-refractivity contribution in [1.82, 2.24) is 5.43 Å². The van der Waals surface area contributed by atoms with Crippen LogP contribution in [0.3, 0.4) is 0 Å². The summed E-state index contributed by atoms with van der Waals surface area (Å²) in [5, 5.41) is 4.61. The molecule has 2 aromatic carbocycles. The van der Waals surface area contributed by atoms with Crippen molar-refractivity contribution in [2.45, 2.75) is 6.92 Å². The van der Waals surface area contributed by atoms with Crippen molar-refractivity contribution in [3.8, 4) is 11.3 Å². The molecule has 0 atom stereocenters. The molecule has 6 heteroatoms. The number of hydrogen-bond donors (Lipinski definition) is 1. The molecule has 3 rings (SSSR count). The average molecular weight is 418 g/mol. The molecule has 0 fully saturated rings. The summed E-state index contributed by atoms with van der Waals surface area (Å²) in [7, 11) is 0. The maximum Gasteiger partial charge on any atom is 0.271 e. The third-order valence-electron chi connectivity index (χ3n) is 3.53. The quantitative estimate of drug-likeness (QED) is 0.454. The van der Waals surface area contributed by atoms with Crippen LogP contribution in [0.4, 0.5) is 0 Å². The highest BCUT2D eigenvalue weighted by Crippen LogP contribution is 2.26. The predicted octanol–water partition coefficient (Wildman–Crippen LogP) is 5.43. The van der Waals surface area contributed by atoms with Crippen LogP contribution in [0.25, 0.3) is 11.3 Å². The van der Waals surface area contributed by atoms with Gasteiger partial charge in [-0.1, -0.05) is 45.7 Å². The molecule has 3 aromatic rings. The molecule has 1 N–H and O–H groups in total. The first-order valence-corrected chi connectivity index (χ1v) is 8.65. The number of hydrogen-bond acceptors (Lipinski definition) is 3. The van der Waals surface area contributed by atoms with Gasteiger partial charge in [-0.25, -0.2) is 5.43 Å². The molecule has 1 aromatic heterocycles. The molecule has 1 heterocycles. The number of aryl methyl sites for hydroxylation is 1. The third-order valence-corrected chi connectivity index (χ3v) is 4.43. The normalized spacial score (nSPS) is 11.0. The Morgan fingerprint density at radius 1 is 1.20 bits per heavy atom. The van der Waals surface area contributed by atoms with Gasteiger partial charge in [0, 0.05) is 20.6 Å². The lowest BCUT2D eigenvalue weighted by Crippen LogP contribution is -2.17. The van der Waals surface area contributed by atoms with Gasteiger partial charge in [0.05, 0.1) is 6.21 Å². The molecule has 4 nitrogen and oxygen atoms in total. The fourth-order valence-electron chi connectivity index (χ4n) is 2.17. The summed E-state index contributed by atoms with van der Waals surface area (Å²) in [6, 6.07) is 16.4. The van der Waals surface area contributed by atoms with Gasteiger partial charge in [0.1, 0.15) is 11.5 Å². The molecule has 0 aliphatic carbocycles. The van der Waals surface area contributed by atoms with Crippen LogP contribution in [0, 0.1) is 6.92 Å². The molecule has 0 bridgehead atoms. The van der Waals surface area contributed by atoms with E-state index in [4.69, 9.17) is 16.0 Å². The van der Waals surface area contributed by atoms with Crippen LogP contribution in [0.2, 0.25) is 5.02 Å². The largest absolute Gasteiger partial charge is 0.455 e. The van der Waals surface area contributed by atoms with E-state index in [1.165, 1.54) is 6.21 Å². The van der Waals surface area contributed by atoms with Crippen molar-refractivity contribution >= 4 is 39.7 Å². The van der Waals surface area contributed by atoms with Crippen LogP contribution in [0.5, 0.6) is 0 Å². The van der Waals surface area contributed by atoms with Crippen molar-refractivity contribution in [3.63, 3.8) is 0 Å². The van der Waals surface area contributed by atoms with E-state index >= 15 is 0 Å². The Bertz CT molecular complexity index is 950. The van der Waals surface area contributed by atoms with Crippen LogP contribution in [-0.2, 0) is 0 Å². The molecular weight excluding hydrogens is 404 g/mol. The van der Waals surface area contributed by atoms with Gasteiger partial charge in [0.2, 0.25) is 0 Å². The van der Waals surface area contributed by atoms with Crippen molar-refractivity contribution in [2.75, 3.05) is 0 Å². The lowest BCUT2D eigenvalue weighted by Gasteiger charge is -2.01. The summed E-state index contributed by atoms with van der Waals surface area (Å²) in [5.41, 5.74) is 4.87. The van der Waals surface area contributed by atoms with Gasteiger partial charge in [-0.2, -0.15) is 5.10 Å². The van der Waals surface area contributed by atoms with Gasteiger partial charge in [-0.15, -0.1) is 0 Å². The summed E-state index contributed by atoms with van der Waals surface area (Å²) >= 11 is 9.47. The molecule has 0 unspecified atom stereocenters. The number of carbonyl (C=O) groups is 1. The average Bonchev–Trinajstić information content (AvgIpc) is 3.06. The van der Waals surface area contributed by atoms with E-state index in [1.807, 2.05) is 37.3 Å². The first kappa shape index (κ1) is 17.5. The highest BCUT2D eigenvalue weighted by atomic mass is 79.9. The number of rotatable bonds is 4. The number of benzene rings is 2. The van der Waals surface area contributed by atoms with Crippen LogP contribution >= 0.6 is 27.5 Å². The van der Waals surface area contributed by atoms with Gasteiger partial charge < -0.3 is 4.42 Å². The molecule has 0 radical (unpaired) electrons. The Morgan fingerprint density at radius 3 is 2.80 bits per heavy atom. The second-order valence-corrected chi connectivity index (χ2v) is 6.70. The number of amides is 1. The Morgan fingerprint density at radius 2 is 2.04 bits per heavy atom. The Balaban J connectivity index is 1.67. The first-order chi connectivity index (χ1) is 12.0. The predicted molar refractivity (Wildman–Crippen MR) is 103 cm³/mol. The van der Waals surface area contributed by atoms with Crippen molar-refractivity contribution in [3.05, 3.63) is 81.0 Å². The summed E-state index contributed by atoms with van der Waals surface area (Å²) in [5.74, 6) is 0.914. The van der Waals surface area contributed by atoms with Crippen molar-refractivity contribution < 1.29 is 9.21 Å². The van der Waals surface area contributed by atoms with Crippen LogP contribution in [0.15, 0.2) is 68.6 Å². The first-order valence-electron chi connectivity index (χ1n) is 7.48. The minimum atomic E-state index is -0.297. The van der Waals surface area contributed by atoms with Gasteiger partial charge in [0.25, 0.3) is 5.91 Å². The molecule has 0 aliphatic heterocycles. The summed E-state index contributed by atoms with van der Waals surface area (Å²) in [4.78, 5) is 12.0. The zero-order chi connectivity index (χ0) is 17.8. The minimum Gasteiger partial charge on any atom is -0.455 e. The lowest BCUT2D eigenvalue weighted by atomic mass is 10.1. The SMILES string of the molecule is Cc1ccc(-c2ccc(/C=N/NC(=O)c3cccc(Br)c3)o2)cc1Cl. The zero-order valence-electron chi connectivity index (χ0n) is 13.3. The maximum atomic E-state index is 12.0. The fourth-order valence-corrected chi connectivity index (χ4v) is 2.75. The molecular formula is C19H14BrClN2O2. The van der Waals surface area contributed by atoms with Crippen LogP contribution < -0.4 is 5.43 Å². The van der Waals surface area contributed by atoms with Gasteiger partial charge in [0.15, 0.2) is 0 Å². The van der Waals surface area contributed by atoms with Crippen molar-refractivity contribution in [1.29, 1.82) is 0 Å². The number of furan rings is 1. The van der Waals surface area contributed by atoms with E-state index in [9.17, 15) is 4.79 Å². The molecule has 0 aliphatic rings. The summed E-state index contributed by atoms with van der Waals surface area (Å²) < 4.78 is 6.53. The maximum absolute atomic E-state index is 12.0. The Kier molecular flexibility index (Phi) is 5.36. The van der Waals surface area contributed by atoms with Crippen LogP contribution in [-0.4, -0.2) is 12.1 Å². The van der Waals surface area contributed by atoms with Gasteiger partial charge >= 0.3 is 0 Å². The smallest absolute Gasteiger partial charge is 0.271 e.